The van der Waals surface area contributed by atoms with Gasteiger partial charge in [0.25, 0.3) is 0 Å². The van der Waals surface area contributed by atoms with E-state index in [0.29, 0.717) is 0 Å². The Bertz CT molecular complexity index is 831. The molecule has 0 bridgehead atoms. The van der Waals surface area contributed by atoms with Crippen LogP contribution in [0.4, 0.5) is 5.69 Å². The molecule has 1 aliphatic rings. The average molecular weight is 320 g/mol. The molecule has 0 saturated heterocycles. The molecule has 1 aliphatic carbocycles. The molecule has 124 valence electrons. The van der Waals surface area contributed by atoms with E-state index in [1.807, 2.05) is 36.4 Å². The third kappa shape index (κ3) is 3.56. The van der Waals surface area contributed by atoms with E-state index in [9.17, 15) is 4.79 Å². The molecule has 0 radical (unpaired) electrons. The molecule has 0 aliphatic heterocycles. The monoisotopic (exact) mass is 320 g/mol. The Labute approximate surface area is 143 Å². The summed E-state index contributed by atoms with van der Waals surface area (Å²) in [6.07, 6.45) is 8.84. The predicted octanol–water partition coefficient (Wildman–Crippen LogP) is 5.26. The fourth-order valence-corrected chi connectivity index (χ4v) is 3.49. The van der Waals surface area contributed by atoms with Crippen molar-refractivity contribution in [1.29, 1.82) is 0 Å². The third-order valence-corrected chi connectivity index (χ3v) is 4.80. The Morgan fingerprint density at radius 3 is 2.88 bits per heavy atom. The summed E-state index contributed by atoms with van der Waals surface area (Å²) in [6.45, 7) is 6.67. The molecule has 0 atom stereocenters. The number of hydrogen-bond acceptors (Lipinski definition) is 2. The second-order valence-corrected chi connectivity index (χ2v) is 7.17. The first kappa shape index (κ1) is 16.4. The quantitative estimate of drug-likeness (QED) is 0.784. The van der Waals surface area contributed by atoms with E-state index in [0.717, 1.165) is 23.0 Å². The van der Waals surface area contributed by atoms with Crippen LogP contribution in [0, 0.1) is 5.41 Å². The van der Waals surface area contributed by atoms with Gasteiger partial charge in [0.15, 0.2) is 0 Å². The molecule has 0 fully saturated rings. The number of rotatable bonds is 3. The zero-order chi connectivity index (χ0) is 17.2. The molecule has 0 saturated carbocycles. The van der Waals surface area contributed by atoms with E-state index >= 15 is 0 Å². The minimum Gasteiger partial charge on any atom is -0.321 e. The smallest absolute Gasteiger partial charge is 0.248 e. The molecule has 1 aromatic carbocycles. The van der Waals surface area contributed by atoms with E-state index in [1.54, 1.807) is 12.3 Å². The lowest BCUT2D eigenvalue weighted by Crippen LogP contribution is -2.19. The van der Waals surface area contributed by atoms with E-state index in [4.69, 9.17) is 0 Å². The van der Waals surface area contributed by atoms with Gasteiger partial charge in [0.05, 0.1) is 17.4 Å². The summed E-state index contributed by atoms with van der Waals surface area (Å²) >= 11 is 0. The van der Waals surface area contributed by atoms with Crippen molar-refractivity contribution in [3.63, 3.8) is 0 Å². The van der Waals surface area contributed by atoms with E-state index in [2.05, 4.69) is 31.1 Å². The van der Waals surface area contributed by atoms with Crippen LogP contribution in [-0.4, -0.2) is 10.9 Å². The molecular formula is C21H24N2O. The van der Waals surface area contributed by atoms with Gasteiger partial charge in [0.1, 0.15) is 0 Å². The van der Waals surface area contributed by atoms with Gasteiger partial charge in [-0.1, -0.05) is 43.7 Å². The van der Waals surface area contributed by atoms with Crippen LogP contribution in [0.1, 0.15) is 40.0 Å². The van der Waals surface area contributed by atoms with Crippen LogP contribution in [0.25, 0.3) is 10.9 Å². The number of carbonyl (C=O) groups is 1. The number of nitrogens with zero attached hydrogens (tertiary/aromatic N) is 1. The maximum absolute atomic E-state index is 12.3. The minimum atomic E-state index is -0.117. The summed E-state index contributed by atoms with van der Waals surface area (Å²) < 4.78 is 0. The van der Waals surface area contributed by atoms with E-state index in [-0.39, 0.29) is 11.3 Å². The van der Waals surface area contributed by atoms with Crippen LogP contribution >= 0.6 is 0 Å². The SMILES string of the molecule is CC1=C(C=CC(=O)Nc2cnc3ccccc3c2)C(C)(C)CCC1. The Hall–Kier alpha value is -2.42. The van der Waals surface area contributed by atoms with Gasteiger partial charge >= 0.3 is 0 Å². The van der Waals surface area contributed by atoms with Gasteiger partial charge in [-0.15, -0.1) is 0 Å². The number of fused-ring (bicyclic) bond motifs is 1. The van der Waals surface area contributed by atoms with Crippen molar-refractivity contribution >= 4 is 22.5 Å². The molecule has 1 N–H and O–H groups in total. The molecule has 3 rings (SSSR count). The summed E-state index contributed by atoms with van der Waals surface area (Å²) in [5.74, 6) is -0.117. The zero-order valence-corrected chi connectivity index (χ0v) is 14.6. The fraction of sp³-hybridized carbons (Fsp3) is 0.333. The van der Waals surface area contributed by atoms with Gasteiger partial charge in [-0.3, -0.25) is 9.78 Å². The number of anilines is 1. The second-order valence-electron chi connectivity index (χ2n) is 7.17. The van der Waals surface area contributed by atoms with Crippen LogP contribution in [0.3, 0.4) is 0 Å². The molecule has 0 unspecified atom stereocenters. The van der Waals surface area contributed by atoms with Crippen LogP contribution in [0.15, 0.2) is 59.8 Å². The Morgan fingerprint density at radius 1 is 1.29 bits per heavy atom. The number of aromatic nitrogens is 1. The number of carbonyl (C=O) groups excluding carboxylic acids is 1. The highest BCUT2D eigenvalue weighted by atomic mass is 16.1. The highest BCUT2D eigenvalue weighted by Gasteiger charge is 2.26. The van der Waals surface area contributed by atoms with Crippen molar-refractivity contribution in [2.45, 2.75) is 40.0 Å². The molecule has 1 aromatic heterocycles. The molecule has 2 aromatic rings. The van der Waals surface area contributed by atoms with Crippen LogP contribution in [-0.2, 0) is 4.79 Å². The number of hydrogen-bond donors (Lipinski definition) is 1. The number of amides is 1. The molecule has 3 heteroatoms. The lowest BCUT2D eigenvalue weighted by atomic mass is 9.72. The number of para-hydroxylation sites is 1. The summed E-state index contributed by atoms with van der Waals surface area (Å²) in [6, 6.07) is 9.82. The Kier molecular flexibility index (Phi) is 4.52. The van der Waals surface area contributed by atoms with Crippen LogP contribution < -0.4 is 5.32 Å². The number of allylic oxidation sites excluding steroid dienone is 3. The first-order valence-electron chi connectivity index (χ1n) is 8.50. The highest BCUT2D eigenvalue weighted by molar-refractivity contribution is 6.00. The normalized spacial score (nSPS) is 17.5. The number of benzene rings is 1. The predicted molar refractivity (Wildman–Crippen MR) is 99.8 cm³/mol. The molecule has 1 amide bonds. The first-order chi connectivity index (χ1) is 11.5. The molecule has 0 spiro atoms. The second kappa shape index (κ2) is 6.60. The lowest BCUT2D eigenvalue weighted by Gasteiger charge is -2.32. The highest BCUT2D eigenvalue weighted by Crippen LogP contribution is 2.40. The molecular weight excluding hydrogens is 296 g/mol. The zero-order valence-electron chi connectivity index (χ0n) is 14.6. The van der Waals surface area contributed by atoms with Gasteiger partial charge < -0.3 is 5.32 Å². The van der Waals surface area contributed by atoms with Crippen molar-refractivity contribution in [2.75, 3.05) is 5.32 Å². The van der Waals surface area contributed by atoms with Crippen molar-refractivity contribution in [2.24, 2.45) is 5.41 Å². The standard InChI is InChI=1S/C21H24N2O/c1-15-7-6-12-21(2,3)18(15)10-11-20(24)23-17-13-16-8-4-5-9-19(16)22-14-17/h4-5,8-11,13-14H,6-7,12H2,1-3H3,(H,23,24). The molecule has 24 heavy (non-hydrogen) atoms. The van der Waals surface area contributed by atoms with Gasteiger partial charge in [0, 0.05) is 11.5 Å². The largest absolute Gasteiger partial charge is 0.321 e. The Balaban J connectivity index is 1.74. The topological polar surface area (TPSA) is 42.0 Å². The number of pyridine rings is 1. The maximum Gasteiger partial charge on any atom is 0.248 e. The summed E-state index contributed by atoms with van der Waals surface area (Å²) in [7, 11) is 0. The maximum atomic E-state index is 12.3. The van der Waals surface area contributed by atoms with Gasteiger partial charge in [-0.05, 0) is 49.3 Å². The van der Waals surface area contributed by atoms with Gasteiger partial charge in [0.2, 0.25) is 5.91 Å². The van der Waals surface area contributed by atoms with Crippen LogP contribution in [0.5, 0.6) is 0 Å². The summed E-state index contributed by atoms with van der Waals surface area (Å²) in [4.78, 5) is 16.6. The summed E-state index contributed by atoms with van der Waals surface area (Å²) in [5, 5.41) is 3.92. The van der Waals surface area contributed by atoms with Crippen molar-refractivity contribution in [1.82, 2.24) is 4.98 Å². The third-order valence-electron chi connectivity index (χ3n) is 4.80. The Morgan fingerprint density at radius 2 is 2.08 bits per heavy atom. The minimum absolute atomic E-state index is 0.117. The van der Waals surface area contributed by atoms with Gasteiger partial charge in [-0.25, -0.2) is 0 Å². The molecule has 3 nitrogen and oxygen atoms in total. The fourth-order valence-electron chi connectivity index (χ4n) is 3.49. The van der Waals surface area contributed by atoms with Crippen molar-refractivity contribution < 1.29 is 4.79 Å². The number of nitrogens with one attached hydrogen (secondary N) is 1. The van der Waals surface area contributed by atoms with Crippen molar-refractivity contribution in [3.05, 3.63) is 59.8 Å². The summed E-state index contributed by atoms with van der Waals surface area (Å²) in [5.41, 5.74) is 4.47. The molecule has 1 heterocycles. The lowest BCUT2D eigenvalue weighted by molar-refractivity contribution is -0.111. The van der Waals surface area contributed by atoms with E-state index < -0.39 is 0 Å². The first-order valence-corrected chi connectivity index (χ1v) is 8.50. The van der Waals surface area contributed by atoms with Gasteiger partial charge in [-0.2, -0.15) is 0 Å². The van der Waals surface area contributed by atoms with Crippen LogP contribution in [0.2, 0.25) is 0 Å². The van der Waals surface area contributed by atoms with Crippen molar-refractivity contribution in [3.8, 4) is 0 Å². The van der Waals surface area contributed by atoms with E-state index in [1.165, 1.54) is 24.0 Å². The average Bonchev–Trinajstić information content (AvgIpc) is 2.53.